The van der Waals surface area contributed by atoms with E-state index in [0.29, 0.717) is 37.2 Å². The fourth-order valence-electron chi connectivity index (χ4n) is 4.91. The van der Waals surface area contributed by atoms with Gasteiger partial charge in [0.15, 0.2) is 6.23 Å². The molecule has 0 aliphatic carbocycles. The average Bonchev–Trinajstić information content (AvgIpc) is 3.49. The number of nitrogens with zero attached hydrogens (tertiary/aromatic N) is 4. The Morgan fingerprint density at radius 2 is 1.74 bits per heavy atom. The van der Waals surface area contributed by atoms with Crippen molar-refractivity contribution in [1.82, 2.24) is 25.3 Å². The summed E-state index contributed by atoms with van der Waals surface area (Å²) in [6, 6.07) is 20.1. The molecule has 0 bridgehead atoms. The Labute approximate surface area is 243 Å². The van der Waals surface area contributed by atoms with Crippen molar-refractivity contribution in [3.8, 4) is 22.9 Å². The van der Waals surface area contributed by atoms with E-state index in [9.17, 15) is 20.4 Å². The molecule has 0 radical (unpaired) electrons. The number of methoxy groups -OCH3 is 1. The van der Waals surface area contributed by atoms with Crippen LogP contribution in [0.1, 0.15) is 28.6 Å². The van der Waals surface area contributed by atoms with E-state index < -0.39 is 37.3 Å². The van der Waals surface area contributed by atoms with Crippen molar-refractivity contribution in [2.24, 2.45) is 0 Å². The summed E-state index contributed by atoms with van der Waals surface area (Å²) in [4.78, 5) is 4.52. The SMILES string of the molecule is COc1nc(OCc2cccc(-c3ccccc3)c2C)ccc1CNCc1cn([C@H]2O[C@H](CO)[C@@H](O)[C@H](O)[C@@H]2O)nn1. The van der Waals surface area contributed by atoms with Gasteiger partial charge in [0, 0.05) is 24.7 Å². The Morgan fingerprint density at radius 1 is 0.929 bits per heavy atom. The van der Waals surface area contributed by atoms with Crippen LogP contribution in [0.2, 0.25) is 0 Å². The highest BCUT2D eigenvalue weighted by molar-refractivity contribution is 5.68. The average molecular weight is 578 g/mol. The Morgan fingerprint density at radius 3 is 2.50 bits per heavy atom. The maximum atomic E-state index is 10.3. The molecule has 1 aliphatic heterocycles. The van der Waals surface area contributed by atoms with Crippen molar-refractivity contribution in [2.75, 3.05) is 13.7 Å². The molecule has 1 saturated heterocycles. The highest BCUT2D eigenvalue weighted by atomic mass is 16.6. The largest absolute Gasteiger partial charge is 0.481 e. The van der Waals surface area contributed by atoms with Gasteiger partial charge in [-0.2, -0.15) is 4.98 Å². The van der Waals surface area contributed by atoms with Crippen molar-refractivity contribution in [1.29, 1.82) is 0 Å². The third kappa shape index (κ3) is 6.44. The van der Waals surface area contributed by atoms with Crippen LogP contribution in [-0.4, -0.2) is 78.5 Å². The van der Waals surface area contributed by atoms with Gasteiger partial charge in [0.25, 0.3) is 0 Å². The van der Waals surface area contributed by atoms with Gasteiger partial charge < -0.3 is 40.0 Å². The van der Waals surface area contributed by atoms with E-state index in [1.807, 2.05) is 36.4 Å². The number of benzene rings is 2. The standard InChI is InChI=1S/C30H35N5O7/c1-18-21(9-6-10-23(18)19-7-4-3-5-8-19)17-41-25-12-11-20(29(32-25)40-2)13-31-14-22-15-35(34-33-22)30-28(39)27(38)26(37)24(16-36)42-30/h3-12,15,24,26-28,30-31,36-39H,13-14,16-17H2,1-2H3/t24-,26-,27+,28+,30+/m1/s1. The van der Waals surface area contributed by atoms with Crippen molar-refractivity contribution in [2.45, 2.75) is 57.3 Å². The molecule has 0 spiro atoms. The molecule has 222 valence electrons. The molecule has 5 N–H and O–H groups in total. The molecule has 0 unspecified atom stereocenters. The van der Waals surface area contributed by atoms with Gasteiger partial charge >= 0.3 is 0 Å². The highest BCUT2D eigenvalue weighted by Gasteiger charge is 2.44. The molecule has 2 aromatic carbocycles. The van der Waals surface area contributed by atoms with Gasteiger partial charge in [-0.1, -0.05) is 53.7 Å². The topological polar surface area (TPSA) is 164 Å². The minimum absolute atomic E-state index is 0.329. The first-order chi connectivity index (χ1) is 20.4. The van der Waals surface area contributed by atoms with E-state index in [1.54, 1.807) is 19.4 Å². The van der Waals surface area contributed by atoms with Gasteiger partial charge in [-0.25, -0.2) is 4.68 Å². The molecular formula is C30H35N5O7. The Bertz CT molecular complexity index is 1470. The fraction of sp³-hybridized carbons (Fsp3) is 0.367. The molecule has 5 rings (SSSR count). The van der Waals surface area contributed by atoms with Crippen molar-refractivity contribution in [3.63, 3.8) is 0 Å². The zero-order chi connectivity index (χ0) is 29.6. The normalized spacial score (nSPS) is 22.2. The Kier molecular flexibility index (Phi) is 9.42. The van der Waals surface area contributed by atoms with Crippen LogP contribution >= 0.6 is 0 Å². The van der Waals surface area contributed by atoms with Crippen LogP contribution in [0.15, 0.2) is 66.9 Å². The lowest BCUT2D eigenvalue weighted by atomic mass is 9.97. The highest BCUT2D eigenvalue weighted by Crippen LogP contribution is 2.29. The second kappa shape index (κ2) is 13.4. The second-order valence-corrected chi connectivity index (χ2v) is 10.1. The van der Waals surface area contributed by atoms with Gasteiger partial charge in [-0.15, -0.1) is 5.10 Å². The van der Waals surface area contributed by atoms with E-state index in [0.717, 1.165) is 27.8 Å². The summed E-state index contributed by atoms with van der Waals surface area (Å²) >= 11 is 0. The zero-order valence-electron chi connectivity index (χ0n) is 23.4. The molecule has 1 aliphatic rings. The maximum absolute atomic E-state index is 10.3. The molecule has 2 aromatic heterocycles. The molecule has 0 saturated carbocycles. The van der Waals surface area contributed by atoms with Crippen LogP contribution < -0.4 is 14.8 Å². The van der Waals surface area contributed by atoms with Crippen molar-refractivity contribution >= 4 is 0 Å². The minimum atomic E-state index is -1.50. The Hall–Kier alpha value is -3.91. The molecule has 3 heterocycles. The lowest BCUT2D eigenvalue weighted by Crippen LogP contribution is -2.56. The molecular weight excluding hydrogens is 542 g/mol. The summed E-state index contributed by atoms with van der Waals surface area (Å²) < 4.78 is 18.3. The molecule has 0 amide bonds. The number of aliphatic hydroxyl groups excluding tert-OH is 4. The lowest BCUT2D eigenvalue weighted by Gasteiger charge is -2.39. The van der Waals surface area contributed by atoms with E-state index in [1.165, 1.54) is 4.68 Å². The van der Waals surface area contributed by atoms with E-state index in [2.05, 4.69) is 45.7 Å². The molecule has 12 heteroatoms. The Balaban J connectivity index is 1.17. The predicted molar refractivity (Wildman–Crippen MR) is 151 cm³/mol. The van der Waals surface area contributed by atoms with Crippen LogP contribution in [-0.2, 0) is 24.4 Å². The summed E-state index contributed by atoms with van der Waals surface area (Å²) in [7, 11) is 1.55. The van der Waals surface area contributed by atoms with Gasteiger partial charge in [0.05, 0.1) is 25.6 Å². The summed E-state index contributed by atoms with van der Waals surface area (Å²) in [6.45, 7) is 2.68. The van der Waals surface area contributed by atoms with E-state index >= 15 is 0 Å². The molecule has 12 nitrogen and oxygen atoms in total. The quantitative estimate of drug-likeness (QED) is 0.175. The molecule has 1 fully saturated rings. The second-order valence-electron chi connectivity index (χ2n) is 10.1. The minimum Gasteiger partial charge on any atom is -0.481 e. The lowest BCUT2D eigenvalue weighted by molar-refractivity contribution is -0.254. The van der Waals surface area contributed by atoms with Crippen LogP contribution in [0.3, 0.4) is 0 Å². The molecule has 4 aromatic rings. The van der Waals surface area contributed by atoms with Gasteiger partial charge in [0.2, 0.25) is 11.8 Å². The third-order valence-corrected chi connectivity index (χ3v) is 7.32. The van der Waals surface area contributed by atoms with E-state index in [4.69, 9.17) is 14.2 Å². The van der Waals surface area contributed by atoms with E-state index in [-0.39, 0.29) is 0 Å². The number of rotatable bonds is 11. The molecule has 42 heavy (non-hydrogen) atoms. The third-order valence-electron chi connectivity index (χ3n) is 7.32. The predicted octanol–water partition coefficient (Wildman–Crippen LogP) is 1.50. The first-order valence-corrected chi connectivity index (χ1v) is 13.6. The van der Waals surface area contributed by atoms with Gasteiger partial charge in [-0.05, 0) is 35.2 Å². The smallest absolute Gasteiger partial charge is 0.220 e. The van der Waals surface area contributed by atoms with Crippen LogP contribution in [0.25, 0.3) is 11.1 Å². The number of nitrogens with one attached hydrogen (secondary N) is 1. The number of pyridine rings is 1. The number of hydrogen-bond donors (Lipinski definition) is 5. The van der Waals surface area contributed by atoms with Crippen molar-refractivity contribution in [3.05, 3.63) is 89.2 Å². The van der Waals surface area contributed by atoms with Gasteiger partial charge in [-0.3, -0.25) is 0 Å². The number of hydrogen-bond acceptors (Lipinski definition) is 11. The van der Waals surface area contributed by atoms with Crippen LogP contribution in [0.4, 0.5) is 0 Å². The molecule has 5 atom stereocenters. The van der Waals surface area contributed by atoms with Gasteiger partial charge in [0.1, 0.15) is 31.0 Å². The first-order valence-electron chi connectivity index (χ1n) is 13.6. The summed E-state index contributed by atoms with van der Waals surface area (Å²) in [6.07, 6.45) is -4.97. The zero-order valence-corrected chi connectivity index (χ0v) is 23.4. The number of aromatic nitrogens is 4. The number of ether oxygens (including phenoxy) is 3. The summed E-state index contributed by atoms with van der Waals surface area (Å²) in [5.41, 5.74) is 5.90. The first kappa shape index (κ1) is 29.6. The monoisotopic (exact) mass is 577 g/mol. The van der Waals surface area contributed by atoms with Crippen LogP contribution in [0, 0.1) is 6.92 Å². The summed E-state index contributed by atoms with van der Waals surface area (Å²) in [5.74, 6) is 0.877. The summed E-state index contributed by atoms with van der Waals surface area (Å²) in [5, 5.41) is 51.0. The fourth-order valence-corrected chi connectivity index (χ4v) is 4.91. The van der Waals surface area contributed by atoms with Crippen LogP contribution in [0.5, 0.6) is 11.8 Å². The van der Waals surface area contributed by atoms with Crippen molar-refractivity contribution < 1.29 is 34.6 Å². The maximum Gasteiger partial charge on any atom is 0.220 e. The number of aliphatic hydroxyl groups is 4.